The third-order valence-corrected chi connectivity index (χ3v) is 4.47. The minimum absolute atomic E-state index is 0.00669. The van der Waals surface area contributed by atoms with Crippen LogP contribution in [0.3, 0.4) is 0 Å². The molecule has 0 aliphatic carbocycles. The van der Waals surface area contributed by atoms with Crippen LogP contribution in [0.5, 0.6) is 0 Å². The number of aromatic nitrogens is 3. The number of nitrogens with zero attached hydrogens (tertiary/aromatic N) is 4. The zero-order valence-corrected chi connectivity index (χ0v) is 15.0. The first-order valence-corrected chi connectivity index (χ1v) is 8.40. The highest BCUT2D eigenvalue weighted by atomic mass is 35.5. The number of hydrogen-bond donors (Lipinski definition) is 0. The highest BCUT2D eigenvalue weighted by Crippen LogP contribution is 2.24. The van der Waals surface area contributed by atoms with Gasteiger partial charge in [-0.05, 0) is 13.0 Å². The molecule has 23 heavy (non-hydrogen) atoms. The van der Waals surface area contributed by atoms with Crippen LogP contribution in [0.15, 0.2) is 18.3 Å². The van der Waals surface area contributed by atoms with Gasteiger partial charge in [-0.3, -0.25) is 4.90 Å². The van der Waals surface area contributed by atoms with E-state index < -0.39 is 0 Å². The quantitative estimate of drug-likeness (QED) is 0.787. The summed E-state index contributed by atoms with van der Waals surface area (Å²) in [4.78, 5) is 16.0. The van der Waals surface area contributed by atoms with Gasteiger partial charge in [0, 0.05) is 60.2 Å². The lowest BCUT2D eigenvalue weighted by Gasteiger charge is -2.29. The minimum Gasteiger partial charge on any atom is -0.294 e. The molecule has 0 unspecified atom stereocenters. The van der Waals surface area contributed by atoms with Gasteiger partial charge in [0.05, 0.1) is 0 Å². The summed E-state index contributed by atoms with van der Waals surface area (Å²) in [6, 6.07) is 4.08. The Balaban J connectivity index is 1.75. The highest BCUT2D eigenvalue weighted by molar-refractivity contribution is 6.30. The summed E-state index contributed by atoms with van der Waals surface area (Å²) in [5.74, 6) is 0.926. The Morgan fingerprint density at radius 3 is 2.70 bits per heavy atom. The SMILES string of the molecule is Cc1ccc(CN2CCc3nc(C(C)(C)C)ncc3C2)c(Cl)n1. The second-order valence-corrected chi connectivity index (χ2v) is 7.64. The number of halogens is 1. The molecule has 5 heteroatoms. The molecular formula is C18H23ClN4. The van der Waals surface area contributed by atoms with Crippen LogP contribution >= 0.6 is 11.6 Å². The zero-order chi connectivity index (χ0) is 16.6. The molecule has 2 aromatic heterocycles. The maximum atomic E-state index is 6.26. The van der Waals surface area contributed by atoms with Crippen LogP contribution in [-0.2, 0) is 24.9 Å². The van der Waals surface area contributed by atoms with Crippen LogP contribution in [0.1, 0.15) is 49.1 Å². The van der Waals surface area contributed by atoms with E-state index in [-0.39, 0.29) is 5.41 Å². The molecular weight excluding hydrogens is 308 g/mol. The van der Waals surface area contributed by atoms with Gasteiger partial charge in [0.25, 0.3) is 0 Å². The molecule has 0 radical (unpaired) electrons. The Hall–Kier alpha value is -1.52. The normalized spacial score (nSPS) is 15.5. The molecule has 1 aliphatic rings. The fourth-order valence-corrected chi connectivity index (χ4v) is 3.04. The third-order valence-electron chi connectivity index (χ3n) is 4.14. The van der Waals surface area contributed by atoms with Crippen molar-refractivity contribution in [1.82, 2.24) is 19.9 Å². The van der Waals surface area contributed by atoms with E-state index in [0.29, 0.717) is 5.15 Å². The van der Waals surface area contributed by atoms with Crippen molar-refractivity contribution < 1.29 is 0 Å². The van der Waals surface area contributed by atoms with Gasteiger partial charge in [0.2, 0.25) is 0 Å². The monoisotopic (exact) mass is 330 g/mol. The van der Waals surface area contributed by atoms with Crippen molar-refractivity contribution in [2.45, 2.75) is 52.6 Å². The molecule has 0 fully saturated rings. The second-order valence-electron chi connectivity index (χ2n) is 7.28. The van der Waals surface area contributed by atoms with Gasteiger partial charge in [-0.25, -0.2) is 15.0 Å². The molecule has 0 saturated heterocycles. The lowest BCUT2D eigenvalue weighted by atomic mass is 9.95. The van der Waals surface area contributed by atoms with Crippen LogP contribution in [0.25, 0.3) is 0 Å². The molecule has 122 valence electrons. The summed E-state index contributed by atoms with van der Waals surface area (Å²) >= 11 is 6.26. The van der Waals surface area contributed by atoms with Crippen molar-refractivity contribution in [2.75, 3.05) is 6.54 Å². The van der Waals surface area contributed by atoms with Crippen LogP contribution in [0.4, 0.5) is 0 Å². The van der Waals surface area contributed by atoms with Crippen molar-refractivity contribution in [1.29, 1.82) is 0 Å². The first-order valence-electron chi connectivity index (χ1n) is 8.02. The number of hydrogen-bond acceptors (Lipinski definition) is 4. The van der Waals surface area contributed by atoms with E-state index in [1.165, 1.54) is 11.3 Å². The third kappa shape index (κ3) is 3.70. The smallest absolute Gasteiger partial charge is 0.133 e. The molecule has 0 amide bonds. The Kier molecular flexibility index (Phi) is 4.39. The van der Waals surface area contributed by atoms with Crippen molar-refractivity contribution in [3.8, 4) is 0 Å². The topological polar surface area (TPSA) is 41.9 Å². The van der Waals surface area contributed by atoms with E-state index >= 15 is 0 Å². The standard InChI is InChI=1S/C18H23ClN4/c1-12-5-6-13(16(19)21-12)10-23-8-7-15-14(11-23)9-20-17(22-15)18(2,3)4/h5-6,9H,7-8,10-11H2,1-4H3. The molecule has 0 spiro atoms. The Bertz CT molecular complexity index is 721. The molecule has 3 heterocycles. The van der Waals surface area contributed by atoms with Crippen LogP contribution in [0, 0.1) is 6.92 Å². The van der Waals surface area contributed by atoms with Crippen LogP contribution < -0.4 is 0 Å². The molecule has 0 aromatic carbocycles. The summed E-state index contributed by atoms with van der Waals surface area (Å²) in [5, 5.41) is 0.607. The second kappa shape index (κ2) is 6.17. The Labute approximate surface area is 142 Å². The summed E-state index contributed by atoms with van der Waals surface area (Å²) < 4.78 is 0. The predicted molar refractivity (Wildman–Crippen MR) is 92.5 cm³/mol. The number of rotatable bonds is 2. The minimum atomic E-state index is -0.00669. The van der Waals surface area contributed by atoms with Gasteiger partial charge >= 0.3 is 0 Å². The highest BCUT2D eigenvalue weighted by Gasteiger charge is 2.23. The van der Waals surface area contributed by atoms with Gasteiger partial charge in [-0.2, -0.15) is 0 Å². The first kappa shape index (κ1) is 16.3. The van der Waals surface area contributed by atoms with Gasteiger partial charge in [-0.1, -0.05) is 38.4 Å². The van der Waals surface area contributed by atoms with E-state index in [9.17, 15) is 0 Å². The van der Waals surface area contributed by atoms with E-state index in [4.69, 9.17) is 16.6 Å². The molecule has 2 aromatic rings. The number of pyridine rings is 1. The van der Waals surface area contributed by atoms with Crippen molar-refractivity contribution in [3.63, 3.8) is 0 Å². The van der Waals surface area contributed by atoms with Crippen molar-refractivity contribution in [2.24, 2.45) is 0 Å². The van der Waals surface area contributed by atoms with E-state index in [1.807, 2.05) is 19.2 Å². The van der Waals surface area contributed by atoms with E-state index in [0.717, 1.165) is 43.1 Å². The van der Waals surface area contributed by atoms with Gasteiger partial charge in [0.1, 0.15) is 11.0 Å². The predicted octanol–water partition coefficient (Wildman–Crippen LogP) is 3.69. The van der Waals surface area contributed by atoms with Gasteiger partial charge in [-0.15, -0.1) is 0 Å². The van der Waals surface area contributed by atoms with Crippen molar-refractivity contribution >= 4 is 11.6 Å². The molecule has 0 atom stereocenters. The Morgan fingerprint density at radius 2 is 2.00 bits per heavy atom. The fraction of sp³-hybridized carbons (Fsp3) is 0.500. The van der Waals surface area contributed by atoms with Gasteiger partial charge < -0.3 is 0 Å². The van der Waals surface area contributed by atoms with E-state index in [2.05, 4.69) is 41.7 Å². The molecule has 0 N–H and O–H groups in total. The molecule has 3 rings (SSSR count). The Morgan fingerprint density at radius 1 is 1.22 bits per heavy atom. The van der Waals surface area contributed by atoms with E-state index in [1.54, 1.807) is 0 Å². The summed E-state index contributed by atoms with van der Waals surface area (Å²) in [7, 11) is 0. The zero-order valence-electron chi connectivity index (χ0n) is 14.2. The first-order chi connectivity index (χ1) is 10.8. The van der Waals surface area contributed by atoms with Crippen LogP contribution in [-0.4, -0.2) is 26.4 Å². The summed E-state index contributed by atoms with van der Waals surface area (Å²) in [6.45, 7) is 11.1. The molecule has 1 aliphatic heterocycles. The maximum absolute atomic E-state index is 6.26. The number of fused-ring (bicyclic) bond motifs is 1. The van der Waals surface area contributed by atoms with Crippen LogP contribution in [0.2, 0.25) is 5.15 Å². The molecule has 4 nitrogen and oxygen atoms in total. The summed E-state index contributed by atoms with van der Waals surface area (Å²) in [5.41, 5.74) is 4.43. The lowest BCUT2D eigenvalue weighted by molar-refractivity contribution is 0.242. The lowest BCUT2D eigenvalue weighted by Crippen LogP contribution is -2.32. The summed E-state index contributed by atoms with van der Waals surface area (Å²) in [6.07, 6.45) is 2.95. The average molecular weight is 331 g/mol. The largest absolute Gasteiger partial charge is 0.294 e. The van der Waals surface area contributed by atoms with Gasteiger partial charge in [0.15, 0.2) is 0 Å². The van der Waals surface area contributed by atoms with Crippen molar-refractivity contribution in [3.05, 3.63) is 51.8 Å². The number of aryl methyl sites for hydroxylation is 1. The maximum Gasteiger partial charge on any atom is 0.133 e. The fourth-order valence-electron chi connectivity index (χ4n) is 2.78. The molecule has 0 saturated carbocycles. The molecule has 0 bridgehead atoms. The average Bonchev–Trinajstić information content (AvgIpc) is 2.48.